The Balaban J connectivity index is 1.71. The number of anilines is 1. The van der Waals surface area contributed by atoms with Gasteiger partial charge in [0.25, 0.3) is 5.91 Å². The highest BCUT2D eigenvalue weighted by Crippen LogP contribution is 2.28. The van der Waals surface area contributed by atoms with E-state index in [0.717, 1.165) is 60.7 Å². The Bertz CT molecular complexity index is 963. The number of benzene rings is 1. The molecule has 0 atom stereocenters. The van der Waals surface area contributed by atoms with Gasteiger partial charge in [-0.2, -0.15) is 0 Å². The van der Waals surface area contributed by atoms with Gasteiger partial charge in [0.15, 0.2) is 0 Å². The van der Waals surface area contributed by atoms with E-state index in [4.69, 9.17) is 16.6 Å². The van der Waals surface area contributed by atoms with E-state index in [1.54, 1.807) is 0 Å². The SMILES string of the molecule is CCc1nnc(NC(=O)c2nc(-c3ccc(Cl)cc3)n3c2CCCCC3)s1. The molecule has 0 saturated carbocycles. The van der Waals surface area contributed by atoms with Gasteiger partial charge < -0.3 is 4.57 Å². The molecule has 0 bridgehead atoms. The molecule has 3 aromatic rings. The monoisotopic (exact) mass is 401 g/mol. The minimum Gasteiger partial charge on any atom is -0.327 e. The number of carbonyl (C=O) groups excluding carboxylic acids is 1. The number of hydrogen-bond donors (Lipinski definition) is 1. The number of aromatic nitrogens is 4. The van der Waals surface area contributed by atoms with Gasteiger partial charge in [-0.3, -0.25) is 10.1 Å². The van der Waals surface area contributed by atoms with E-state index in [1.165, 1.54) is 11.3 Å². The molecule has 1 aliphatic rings. The summed E-state index contributed by atoms with van der Waals surface area (Å²) >= 11 is 7.42. The highest BCUT2D eigenvalue weighted by Gasteiger charge is 2.25. The van der Waals surface area contributed by atoms with E-state index in [9.17, 15) is 4.79 Å². The third-order valence-corrected chi connectivity index (χ3v) is 5.91. The van der Waals surface area contributed by atoms with Gasteiger partial charge in [-0.05, 0) is 49.9 Å². The fourth-order valence-electron chi connectivity index (χ4n) is 3.32. The Morgan fingerprint density at radius 1 is 1.22 bits per heavy atom. The van der Waals surface area contributed by atoms with Crippen molar-refractivity contribution in [2.75, 3.05) is 5.32 Å². The second kappa shape index (κ2) is 7.78. The van der Waals surface area contributed by atoms with Crippen molar-refractivity contribution in [1.29, 1.82) is 0 Å². The molecule has 0 unspecified atom stereocenters. The van der Waals surface area contributed by atoms with Crippen LogP contribution in [0, 0.1) is 0 Å². The van der Waals surface area contributed by atoms with E-state index in [2.05, 4.69) is 20.1 Å². The number of amides is 1. The molecule has 1 N–H and O–H groups in total. The zero-order chi connectivity index (χ0) is 18.8. The third-order valence-electron chi connectivity index (χ3n) is 4.68. The van der Waals surface area contributed by atoms with Crippen molar-refractivity contribution >= 4 is 34.0 Å². The summed E-state index contributed by atoms with van der Waals surface area (Å²) in [4.78, 5) is 17.6. The van der Waals surface area contributed by atoms with Crippen molar-refractivity contribution in [1.82, 2.24) is 19.7 Å². The molecule has 1 aliphatic heterocycles. The Morgan fingerprint density at radius 2 is 2.04 bits per heavy atom. The van der Waals surface area contributed by atoms with Crippen LogP contribution in [0.5, 0.6) is 0 Å². The molecule has 27 heavy (non-hydrogen) atoms. The van der Waals surface area contributed by atoms with Gasteiger partial charge >= 0.3 is 0 Å². The third kappa shape index (κ3) is 3.75. The Morgan fingerprint density at radius 3 is 2.78 bits per heavy atom. The molecule has 4 rings (SSSR count). The number of halogens is 1. The lowest BCUT2D eigenvalue weighted by molar-refractivity contribution is 0.102. The van der Waals surface area contributed by atoms with E-state index >= 15 is 0 Å². The molecule has 0 saturated heterocycles. The van der Waals surface area contributed by atoms with Gasteiger partial charge in [0.1, 0.15) is 16.5 Å². The van der Waals surface area contributed by atoms with Crippen LogP contribution in [-0.2, 0) is 19.4 Å². The van der Waals surface area contributed by atoms with Crippen LogP contribution in [0.25, 0.3) is 11.4 Å². The van der Waals surface area contributed by atoms with Gasteiger partial charge in [0.05, 0.1) is 5.69 Å². The molecule has 6 nitrogen and oxygen atoms in total. The normalized spacial score (nSPS) is 13.9. The number of rotatable bonds is 4. The molecule has 3 heterocycles. The first-order valence-corrected chi connectivity index (χ1v) is 10.3. The van der Waals surface area contributed by atoms with Crippen molar-refractivity contribution in [3.05, 3.63) is 45.7 Å². The zero-order valence-electron chi connectivity index (χ0n) is 15.0. The summed E-state index contributed by atoms with van der Waals surface area (Å²) in [6.07, 6.45) is 4.94. The van der Waals surface area contributed by atoms with Crippen LogP contribution in [0.2, 0.25) is 5.02 Å². The van der Waals surface area contributed by atoms with E-state index in [-0.39, 0.29) is 5.91 Å². The summed E-state index contributed by atoms with van der Waals surface area (Å²) in [5.41, 5.74) is 2.44. The van der Waals surface area contributed by atoms with Crippen LogP contribution in [0.4, 0.5) is 5.13 Å². The van der Waals surface area contributed by atoms with Gasteiger partial charge in [0.2, 0.25) is 5.13 Å². The van der Waals surface area contributed by atoms with Crippen LogP contribution in [0.1, 0.15) is 47.4 Å². The maximum atomic E-state index is 12.9. The van der Waals surface area contributed by atoms with Crippen LogP contribution in [-0.4, -0.2) is 25.7 Å². The molecule has 0 aliphatic carbocycles. The number of imidazole rings is 1. The fourth-order valence-corrected chi connectivity index (χ4v) is 4.12. The largest absolute Gasteiger partial charge is 0.327 e. The number of aryl methyl sites for hydroxylation is 1. The second-order valence-electron chi connectivity index (χ2n) is 6.51. The van der Waals surface area contributed by atoms with Crippen LogP contribution < -0.4 is 5.32 Å². The van der Waals surface area contributed by atoms with Gasteiger partial charge in [-0.25, -0.2) is 4.98 Å². The van der Waals surface area contributed by atoms with Crippen molar-refractivity contribution in [2.45, 2.75) is 45.6 Å². The topological polar surface area (TPSA) is 72.7 Å². The highest BCUT2D eigenvalue weighted by molar-refractivity contribution is 7.15. The molecular weight excluding hydrogens is 382 g/mol. The number of nitrogens with zero attached hydrogens (tertiary/aromatic N) is 4. The minimum absolute atomic E-state index is 0.223. The van der Waals surface area contributed by atoms with Crippen LogP contribution >= 0.6 is 22.9 Å². The van der Waals surface area contributed by atoms with Crippen molar-refractivity contribution < 1.29 is 4.79 Å². The zero-order valence-corrected chi connectivity index (χ0v) is 16.6. The number of nitrogens with one attached hydrogen (secondary N) is 1. The predicted molar refractivity (Wildman–Crippen MR) is 107 cm³/mol. The standard InChI is InChI=1S/C19H20ClN5OS/c1-2-15-23-24-19(27-15)22-18(26)16-14-6-4-3-5-11-25(14)17(21-16)12-7-9-13(20)10-8-12/h7-10H,2-6,11H2,1H3,(H,22,24,26). The highest BCUT2D eigenvalue weighted by atomic mass is 35.5. The fraction of sp³-hybridized carbons (Fsp3) is 0.368. The van der Waals surface area contributed by atoms with Crippen molar-refractivity contribution in [3.8, 4) is 11.4 Å². The molecule has 2 aromatic heterocycles. The summed E-state index contributed by atoms with van der Waals surface area (Å²) < 4.78 is 2.18. The predicted octanol–water partition coefficient (Wildman–Crippen LogP) is 4.60. The smallest absolute Gasteiger partial charge is 0.277 e. The first-order chi connectivity index (χ1) is 13.2. The quantitative estimate of drug-likeness (QED) is 0.693. The summed E-state index contributed by atoms with van der Waals surface area (Å²) in [6, 6.07) is 7.59. The molecule has 1 aromatic carbocycles. The van der Waals surface area contributed by atoms with Gasteiger partial charge in [0, 0.05) is 17.1 Å². The maximum Gasteiger partial charge on any atom is 0.277 e. The number of fused-ring (bicyclic) bond motifs is 1. The maximum absolute atomic E-state index is 12.9. The summed E-state index contributed by atoms with van der Waals surface area (Å²) in [5, 5.41) is 13.1. The lowest BCUT2D eigenvalue weighted by atomic mass is 10.1. The van der Waals surface area contributed by atoms with E-state index in [1.807, 2.05) is 31.2 Å². The Kier molecular flexibility index (Phi) is 5.22. The molecule has 0 radical (unpaired) electrons. The average molecular weight is 402 g/mol. The minimum atomic E-state index is -0.223. The van der Waals surface area contributed by atoms with E-state index in [0.29, 0.717) is 15.8 Å². The molecule has 0 spiro atoms. The van der Waals surface area contributed by atoms with Gasteiger partial charge in [-0.15, -0.1) is 10.2 Å². The first-order valence-electron chi connectivity index (χ1n) is 9.14. The Hall–Kier alpha value is -2.25. The average Bonchev–Trinajstić information content (AvgIpc) is 3.19. The van der Waals surface area contributed by atoms with Crippen molar-refractivity contribution in [3.63, 3.8) is 0 Å². The summed E-state index contributed by atoms with van der Waals surface area (Å²) in [6.45, 7) is 2.88. The van der Waals surface area contributed by atoms with Crippen molar-refractivity contribution in [2.24, 2.45) is 0 Å². The molecule has 1 amide bonds. The lowest BCUT2D eigenvalue weighted by Gasteiger charge is -2.09. The lowest BCUT2D eigenvalue weighted by Crippen LogP contribution is -2.15. The second-order valence-corrected chi connectivity index (χ2v) is 8.01. The van der Waals surface area contributed by atoms with E-state index < -0.39 is 0 Å². The number of carbonyl (C=O) groups is 1. The van der Waals surface area contributed by atoms with Crippen LogP contribution in [0.3, 0.4) is 0 Å². The molecule has 0 fully saturated rings. The first kappa shape index (κ1) is 18.1. The Labute approximate surface area is 166 Å². The summed E-state index contributed by atoms with van der Waals surface area (Å²) in [7, 11) is 0. The molecule has 8 heteroatoms. The number of hydrogen-bond acceptors (Lipinski definition) is 5. The van der Waals surface area contributed by atoms with Gasteiger partial charge in [-0.1, -0.05) is 36.3 Å². The summed E-state index contributed by atoms with van der Waals surface area (Å²) in [5.74, 6) is 0.597. The van der Waals surface area contributed by atoms with Crippen LogP contribution in [0.15, 0.2) is 24.3 Å². The molecule has 140 valence electrons. The molecular formula is C19H20ClN5OS.